The number of hydrogen-bond acceptors (Lipinski definition) is 6. The molecule has 2 amide bonds. The molecule has 6 atom stereocenters. The molecule has 0 aromatic carbocycles. The first kappa shape index (κ1) is 28.8. The van der Waals surface area contributed by atoms with Gasteiger partial charge in [-0.1, -0.05) is 38.8 Å². The average molecular weight is 521 g/mol. The number of carbonyl (C=O) groups is 3. The van der Waals surface area contributed by atoms with Crippen LogP contribution < -0.4 is 0 Å². The minimum absolute atomic E-state index is 0.00929. The van der Waals surface area contributed by atoms with E-state index in [4.69, 9.17) is 4.74 Å². The van der Waals surface area contributed by atoms with E-state index in [0.717, 1.165) is 32.1 Å². The highest BCUT2D eigenvalue weighted by Crippen LogP contribution is 2.68. The van der Waals surface area contributed by atoms with Crippen LogP contribution in [0.15, 0.2) is 25.3 Å². The Morgan fingerprint density at radius 1 is 1.22 bits per heavy atom. The quantitative estimate of drug-likeness (QED) is 0.189. The van der Waals surface area contributed by atoms with Crippen LogP contribution in [-0.4, -0.2) is 81.6 Å². The first-order chi connectivity index (χ1) is 17.4. The number of aliphatic hydroxyl groups is 1. The van der Waals surface area contributed by atoms with Crippen LogP contribution in [0.3, 0.4) is 0 Å². The van der Waals surface area contributed by atoms with Gasteiger partial charge in [0.1, 0.15) is 6.04 Å². The second kappa shape index (κ2) is 13.1. The summed E-state index contributed by atoms with van der Waals surface area (Å²) in [5, 5.41) is 9.20. The van der Waals surface area contributed by atoms with Crippen molar-refractivity contribution in [2.24, 2.45) is 17.8 Å². The average Bonchev–Trinajstić information content (AvgIpc) is 3.45. The van der Waals surface area contributed by atoms with Gasteiger partial charge in [-0.2, -0.15) is 0 Å². The molecule has 1 spiro atoms. The van der Waals surface area contributed by atoms with Crippen LogP contribution in [0, 0.1) is 17.8 Å². The van der Waals surface area contributed by atoms with E-state index in [1.165, 1.54) is 0 Å². The zero-order valence-electron chi connectivity index (χ0n) is 22.0. The molecule has 7 nitrogen and oxygen atoms in total. The van der Waals surface area contributed by atoms with Gasteiger partial charge < -0.3 is 19.6 Å². The van der Waals surface area contributed by atoms with E-state index in [1.807, 2.05) is 4.90 Å². The normalized spacial score (nSPS) is 30.4. The van der Waals surface area contributed by atoms with E-state index in [2.05, 4.69) is 27.0 Å². The van der Waals surface area contributed by atoms with E-state index in [0.29, 0.717) is 38.9 Å². The SMILES string of the molecule is C=CCCOC(=O)[C@@H]1[C@@H]2CC(C)C3(S2)C(C(=O)N(CC=C)CCCCC)N(CCCCCO)C(=O)[C@H]13. The molecule has 202 valence electrons. The maximum Gasteiger partial charge on any atom is 0.310 e. The van der Waals surface area contributed by atoms with Crippen LogP contribution in [0.5, 0.6) is 0 Å². The molecule has 1 N–H and O–H groups in total. The summed E-state index contributed by atoms with van der Waals surface area (Å²) < 4.78 is 4.95. The molecule has 0 radical (unpaired) electrons. The van der Waals surface area contributed by atoms with Gasteiger partial charge in [0.15, 0.2) is 0 Å². The highest BCUT2D eigenvalue weighted by molar-refractivity contribution is 8.02. The third-order valence-electron chi connectivity index (χ3n) is 8.07. The Hall–Kier alpha value is -1.80. The van der Waals surface area contributed by atoms with Gasteiger partial charge in [-0.3, -0.25) is 14.4 Å². The summed E-state index contributed by atoms with van der Waals surface area (Å²) in [6.07, 6.45) is 10.0. The minimum atomic E-state index is -0.623. The third kappa shape index (κ3) is 5.40. The van der Waals surface area contributed by atoms with Gasteiger partial charge in [0, 0.05) is 31.5 Å². The number of unbranched alkanes of at least 4 members (excludes halogenated alkanes) is 4. The number of fused-ring (bicyclic) bond motifs is 1. The number of hydrogen-bond donors (Lipinski definition) is 1. The number of nitrogens with zero attached hydrogens (tertiary/aromatic N) is 2. The number of rotatable bonds is 16. The summed E-state index contributed by atoms with van der Waals surface area (Å²) in [6, 6.07) is -0.596. The zero-order valence-corrected chi connectivity index (χ0v) is 22.8. The monoisotopic (exact) mass is 520 g/mol. The summed E-state index contributed by atoms with van der Waals surface area (Å²) in [7, 11) is 0. The summed E-state index contributed by atoms with van der Waals surface area (Å²) in [6.45, 7) is 13.7. The van der Waals surface area contributed by atoms with Gasteiger partial charge in [0.2, 0.25) is 11.8 Å². The zero-order chi connectivity index (χ0) is 26.3. The Morgan fingerprint density at radius 3 is 2.67 bits per heavy atom. The van der Waals surface area contributed by atoms with E-state index in [9.17, 15) is 19.5 Å². The topological polar surface area (TPSA) is 87.2 Å². The number of ether oxygens (including phenoxy) is 1. The molecule has 3 rings (SSSR count). The van der Waals surface area contributed by atoms with Gasteiger partial charge in [0.25, 0.3) is 0 Å². The highest BCUT2D eigenvalue weighted by Gasteiger charge is 2.76. The molecule has 3 saturated heterocycles. The van der Waals surface area contributed by atoms with Gasteiger partial charge in [-0.05, 0) is 44.4 Å². The number of amides is 2. The van der Waals surface area contributed by atoms with E-state index < -0.39 is 22.6 Å². The van der Waals surface area contributed by atoms with E-state index >= 15 is 0 Å². The molecular formula is C28H44N2O5S. The number of likely N-dealkylation sites (tertiary alicyclic amines) is 1. The summed E-state index contributed by atoms with van der Waals surface area (Å²) in [5.41, 5.74) is 0. The van der Waals surface area contributed by atoms with Gasteiger partial charge in [-0.25, -0.2) is 0 Å². The van der Waals surface area contributed by atoms with Crippen molar-refractivity contribution in [1.82, 2.24) is 9.80 Å². The molecule has 0 aliphatic carbocycles. The summed E-state index contributed by atoms with van der Waals surface area (Å²) in [4.78, 5) is 45.1. The molecule has 3 aliphatic rings. The molecular weight excluding hydrogens is 476 g/mol. The second-order valence-electron chi connectivity index (χ2n) is 10.4. The fraction of sp³-hybridized carbons (Fsp3) is 0.750. The smallest absolute Gasteiger partial charge is 0.310 e. The molecule has 36 heavy (non-hydrogen) atoms. The first-order valence-electron chi connectivity index (χ1n) is 13.6. The first-order valence-corrected chi connectivity index (χ1v) is 14.5. The van der Waals surface area contributed by atoms with Crippen LogP contribution in [0.25, 0.3) is 0 Å². The fourth-order valence-electron chi connectivity index (χ4n) is 6.39. The maximum atomic E-state index is 14.2. The van der Waals surface area contributed by atoms with Crippen molar-refractivity contribution >= 4 is 29.5 Å². The summed E-state index contributed by atoms with van der Waals surface area (Å²) in [5.74, 6) is -1.35. The van der Waals surface area contributed by atoms with Gasteiger partial charge in [0.05, 0.1) is 23.2 Å². The Bertz CT molecular complexity index is 820. The van der Waals surface area contributed by atoms with Crippen molar-refractivity contribution in [3.05, 3.63) is 25.3 Å². The Labute approximate surface area is 220 Å². The van der Waals surface area contributed by atoms with Crippen molar-refractivity contribution < 1.29 is 24.2 Å². The van der Waals surface area contributed by atoms with Crippen molar-refractivity contribution in [3.63, 3.8) is 0 Å². The van der Waals surface area contributed by atoms with Crippen LogP contribution in [0.2, 0.25) is 0 Å². The van der Waals surface area contributed by atoms with Crippen molar-refractivity contribution in [2.75, 3.05) is 32.8 Å². The van der Waals surface area contributed by atoms with Crippen LogP contribution in [-0.2, 0) is 19.1 Å². The largest absolute Gasteiger partial charge is 0.465 e. The molecule has 3 fully saturated rings. The van der Waals surface area contributed by atoms with Crippen molar-refractivity contribution in [3.8, 4) is 0 Å². The molecule has 3 aliphatic heterocycles. The third-order valence-corrected chi connectivity index (χ3v) is 10.1. The lowest BCUT2D eigenvalue weighted by Crippen LogP contribution is -2.57. The molecule has 3 heterocycles. The number of esters is 1. The number of aliphatic hydroxyl groups excluding tert-OH is 1. The Balaban J connectivity index is 1.95. The lowest BCUT2D eigenvalue weighted by molar-refractivity contribution is -0.154. The van der Waals surface area contributed by atoms with Crippen molar-refractivity contribution in [1.29, 1.82) is 0 Å². The Kier molecular flexibility index (Phi) is 10.5. The van der Waals surface area contributed by atoms with Crippen LogP contribution in [0.1, 0.15) is 65.2 Å². The van der Waals surface area contributed by atoms with Crippen molar-refractivity contribution in [2.45, 2.75) is 81.3 Å². The number of carbonyl (C=O) groups excluding carboxylic acids is 3. The molecule has 0 saturated carbocycles. The lowest BCUT2D eigenvalue weighted by atomic mass is 9.66. The predicted molar refractivity (Wildman–Crippen MR) is 143 cm³/mol. The van der Waals surface area contributed by atoms with Crippen LogP contribution >= 0.6 is 11.8 Å². The predicted octanol–water partition coefficient (Wildman–Crippen LogP) is 3.81. The maximum absolute atomic E-state index is 14.2. The molecule has 2 bridgehead atoms. The molecule has 8 heteroatoms. The standard InChI is InChI=1S/C28H44N2O5S/c1-5-8-11-15-29(14-7-3)26(33)24-28-20(4)19-21(36-28)22(27(34)35-18-9-6-2)23(28)25(32)30(24)16-12-10-13-17-31/h6-7,20-24,31H,2-3,5,8-19H2,1,4H3/t20?,21-,22+,23-,24?,28?/m0/s1. The second-order valence-corrected chi connectivity index (χ2v) is 11.9. The van der Waals surface area contributed by atoms with E-state index in [1.54, 1.807) is 28.8 Å². The van der Waals surface area contributed by atoms with Gasteiger partial charge in [-0.15, -0.1) is 24.9 Å². The summed E-state index contributed by atoms with van der Waals surface area (Å²) >= 11 is 1.69. The fourth-order valence-corrected chi connectivity index (χ4v) is 8.79. The highest BCUT2D eigenvalue weighted by atomic mass is 32.2. The molecule has 0 aromatic heterocycles. The minimum Gasteiger partial charge on any atom is -0.465 e. The Morgan fingerprint density at radius 2 is 2.00 bits per heavy atom. The lowest BCUT2D eigenvalue weighted by Gasteiger charge is -2.40. The molecule has 0 aromatic rings. The van der Waals surface area contributed by atoms with Crippen LogP contribution in [0.4, 0.5) is 0 Å². The van der Waals surface area contributed by atoms with Gasteiger partial charge >= 0.3 is 5.97 Å². The number of thioether (sulfide) groups is 1. The molecule has 3 unspecified atom stereocenters. The van der Waals surface area contributed by atoms with E-state index in [-0.39, 0.29) is 42.2 Å².